The lowest BCUT2D eigenvalue weighted by Gasteiger charge is -2.30. The summed E-state index contributed by atoms with van der Waals surface area (Å²) >= 11 is 1.22. The van der Waals surface area contributed by atoms with Crippen molar-refractivity contribution in [3.05, 3.63) is 59.6 Å². The van der Waals surface area contributed by atoms with Crippen molar-refractivity contribution in [3.63, 3.8) is 0 Å². The van der Waals surface area contributed by atoms with Gasteiger partial charge < -0.3 is 5.32 Å². The number of amides is 1. The molecule has 0 saturated carbocycles. The number of piperidine rings is 1. The maximum absolute atomic E-state index is 12.6. The molecule has 0 radical (unpaired) electrons. The Bertz CT molecular complexity index is 1120. The molecule has 1 fully saturated rings. The highest BCUT2D eigenvalue weighted by atomic mass is 32.2. The van der Waals surface area contributed by atoms with Crippen molar-refractivity contribution in [2.75, 3.05) is 13.1 Å². The van der Waals surface area contributed by atoms with Crippen LogP contribution in [0.1, 0.15) is 24.2 Å². The number of hydrogen-bond acceptors (Lipinski definition) is 6. The Morgan fingerprint density at radius 3 is 2.70 bits per heavy atom. The third-order valence-electron chi connectivity index (χ3n) is 5.26. The molecule has 30 heavy (non-hydrogen) atoms. The molecular formula is C20H23N5O3S2. The van der Waals surface area contributed by atoms with Crippen LogP contribution in [0.3, 0.4) is 0 Å². The predicted molar refractivity (Wildman–Crippen MR) is 114 cm³/mol. The quantitative estimate of drug-likeness (QED) is 0.628. The molecule has 3 aromatic heterocycles. The Kier molecular flexibility index (Phi) is 5.98. The van der Waals surface area contributed by atoms with Gasteiger partial charge in [0, 0.05) is 44.1 Å². The van der Waals surface area contributed by atoms with E-state index in [2.05, 4.69) is 15.3 Å². The fourth-order valence-electron chi connectivity index (χ4n) is 3.55. The number of hydrogen-bond donors (Lipinski definition) is 1. The highest BCUT2D eigenvalue weighted by Gasteiger charge is 2.32. The van der Waals surface area contributed by atoms with E-state index in [0.717, 1.165) is 17.2 Å². The molecule has 4 heterocycles. The molecule has 0 atom stereocenters. The zero-order valence-electron chi connectivity index (χ0n) is 16.6. The van der Waals surface area contributed by atoms with Gasteiger partial charge in [0.15, 0.2) is 0 Å². The van der Waals surface area contributed by atoms with E-state index in [1.54, 1.807) is 29.9 Å². The van der Waals surface area contributed by atoms with Crippen LogP contribution in [-0.4, -0.2) is 46.3 Å². The molecule has 158 valence electrons. The number of aromatic nitrogens is 3. The average Bonchev–Trinajstić information content (AvgIpc) is 3.45. The van der Waals surface area contributed by atoms with Crippen LogP contribution in [0.4, 0.5) is 0 Å². The molecule has 0 aromatic carbocycles. The SMILES string of the molecule is Cc1nccn1-c1cc(CNC(=O)C2CCN(S(=O)(=O)c3cccs3)CC2)ccn1. The van der Waals surface area contributed by atoms with Crippen LogP contribution < -0.4 is 5.32 Å². The smallest absolute Gasteiger partial charge is 0.252 e. The Balaban J connectivity index is 1.32. The molecule has 4 rings (SSSR count). The second-order valence-corrected chi connectivity index (χ2v) is 10.3. The third kappa shape index (κ3) is 4.30. The Morgan fingerprint density at radius 2 is 2.03 bits per heavy atom. The molecule has 3 aromatic rings. The van der Waals surface area contributed by atoms with E-state index in [9.17, 15) is 13.2 Å². The first-order valence-electron chi connectivity index (χ1n) is 9.72. The van der Waals surface area contributed by atoms with E-state index in [-0.39, 0.29) is 11.8 Å². The topological polar surface area (TPSA) is 97.2 Å². The van der Waals surface area contributed by atoms with Gasteiger partial charge in [-0.05, 0) is 48.9 Å². The molecule has 0 unspecified atom stereocenters. The van der Waals surface area contributed by atoms with Gasteiger partial charge >= 0.3 is 0 Å². The molecule has 1 N–H and O–H groups in total. The fraction of sp³-hybridized carbons (Fsp3) is 0.350. The maximum atomic E-state index is 12.6. The zero-order chi connectivity index (χ0) is 21.1. The first-order chi connectivity index (χ1) is 14.4. The van der Waals surface area contributed by atoms with Crippen molar-refractivity contribution in [2.24, 2.45) is 5.92 Å². The zero-order valence-corrected chi connectivity index (χ0v) is 18.2. The molecule has 1 amide bonds. The Hall–Kier alpha value is -2.56. The van der Waals surface area contributed by atoms with Crippen LogP contribution in [0.15, 0.2) is 52.4 Å². The van der Waals surface area contributed by atoms with Crippen LogP contribution in [0.2, 0.25) is 0 Å². The first kappa shape index (κ1) is 20.7. The summed E-state index contributed by atoms with van der Waals surface area (Å²) in [6.45, 7) is 3.02. The first-order valence-corrected chi connectivity index (χ1v) is 12.0. The van der Waals surface area contributed by atoms with Crippen LogP contribution in [-0.2, 0) is 21.4 Å². The summed E-state index contributed by atoms with van der Waals surface area (Å²) in [4.78, 5) is 21.2. The van der Waals surface area contributed by atoms with Crippen LogP contribution in [0.5, 0.6) is 0 Å². The number of nitrogens with one attached hydrogen (secondary N) is 1. The number of aryl methyl sites for hydroxylation is 1. The standard InChI is InChI=1S/C20H23N5O3S2/c1-15-21-8-11-25(15)18-13-16(4-7-22-18)14-23-20(26)17-5-9-24(10-6-17)30(27,28)19-3-2-12-29-19/h2-4,7-8,11-13,17H,5-6,9-10,14H2,1H3,(H,23,26). The number of nitrogens with zero attached hydrogens (tertiary/aromatic N) is 4. The van der Waals surface area contributed by atoms with Gasteiger partial charge in [-0.3, -0.25) is 9.36 Å². The molecule has 0 spiro atoms. The summed E-state index contributed by atoms with van der Waals surface area (Å²) < 4.78 is 28.9. The number of carbonyl (C=O) groups excluding carboxylic acids is 1. The summed E-state index contributed by atoms with van der Waals surface area (Å²) in [6, 6.07) is 7.14. The summed E-state index contributed by atoms with van der Waals surface area (Å²) in [5, 5.41) is 4.74. The molecular weight excluding hydrogens is 422 g/mol. The van der Waals surface area contributed by atoms with Crippen molar-refractivity contribution in [2.45, 2.75) is 30.5 Å². The number of carbonyl (C=O) groups is 1. The minimum atomic E-state index is -3.45. The van der Waals surface area contributed by atoms with Crippen molar-refractivity contribution >= 4 is 27.3 Å². The molecule has 1 aliphatic rings. The molecule has 0 aliphatic carbocycles. The van der Waals surface area contributed by atoms with Crippen molar-refractivity contribution < 1.29 is 13.2 Å². The number of imidazole rings is 1. The van der Waals surface area contributed by atoms with Gasteiger partial charge in [-0.2, -0.15) is 4.31 Å². The molecule has 8 nitrogen and oxygen atoms in total. The second-order valence-electron chi connectivity index (χ2n) is 7.19. The van der Waals surface area contributed by atoms with Crippen molar-refractivity contribution in [3.8, 4) is 5.82 Å². The normalized spacial score (nSPS) is 15.9. The van der Waals surface area contributed by atoms with Gasteiger partial charge in [-0.15, -0.1) is 11.3 Å². The number of pyridine rings is 1. The number of sulfonamides is 1. The predicted octanol–water partition coefficient (Wildman–Crippen LogP) is 2.35. The van der Waals surface area contributed by atoms with Gasteiger partial charge in [0.05, 0.1) is 0 Å². The van der Waals surface area contributed by atoms with E-state index < -0.39 is 10.0 Å². The maximum Gasteiger partial charge on any atom is 0.252 e. The number of thiophene rings is 1. The van der Waals surface area contributed by atoms with E-state index in [1.807, 2.05) is 29.8 Å². The van der Waals surface area contributed by atoms with E-state index in [4.69, 9.17) is 0 Å². The third-order valence-corrected chi connectivity index (χ3v) is 8.53. The van der Waals surface area contributed by atoms with Gasteiger partial charge in [0.25, 0.3) is 10.0 Å². The Labute approximate surface area is 179 Å². The van der Waals surface area contributed by atoms with Gasteiger partial charge in [-0.1, -0.05) is 6.07 Å². The second kappa shape index (κ2) is 8.66. The molecule has 1 saturated heterocycles. The van der Waals surface area contributed by atoms with E-state index in [0.29, 0.717) is 36.7 Å². The fourth-order valence-corrected chi connectivity index (χ4v) is 6.17. The minimum Gasteiger partial charge on any atom is -0.352 e. The van der Waals surface area contributed by atoms with Crippen molar-refractivity contribution in [1.29, 1.82) is 0 Å². The molecule has 0 bridgehead atoms. The number of rotatable bonds is 6. The van der Waals surface area contributed by atoms with Crippen molar-refractivity contribution in [1.82, 2.24) is 24.2 Å². The lowest BCUT2D eigenvalue weighted by atomic mass is 9.97. The minimum absolute atomic E-state index is 0.0413. The summed E-state index contributed by atoms with van der Waals surface area (Å²) in [7, 11) is -3.45. The van der Waals surface area contributed by atoms with E-state index in [1.165, 1.54) is 15.6 Å². The largest absolute Gasteiger partial charge is 0.352 e. The highest BCUT2D eigenvalue weighted by Crippen LogP contribution is 2.26. The summed E-state index contributed by atoms with van der Waals surface area (Å²) in [6.07, 6.45) is 6.32. The van der Waals surface area contributed by atoms with Crippen LogP contribution >= 0.6 is 11.3 Å². The van der Waals surface area contributed by atoms with Gasteiger partial charge in [0.2, 0.25) is 5.91 Å². The molecule has 10 heteroatoms. The average molecular weight is 446 g/mol. The summed E-state index contributed by atoms with van der Waals surface area (Å²) in [5.41, 5.74) is 0.944. The van der Waals surface area contributed by atoms with Crippen LogP contribution in [0, 0.1) is 12.8 Å². The summed E-state index contributed by atoms with van der Waals surface area (Å²) in [5.74, 6) is 1.37. The molecule has 1 aliphatic heterocycles. The van der Waals surface area contributed by atoms with E-state index >= 15 is 0 Å². The van der Waals surface area contributed by atoms with Gasteiger partial charge in [-0.25, -0.2) is 18.4 Å². The monoisotopic (exact) mass is 445 g/mol. The van der Waals surface area contributed by atoms with Crippen LogP contribution in [0.25, 0.3) is 5.82 Å². The highest BCUT2D eigenvalue weighted by molar-refractivity contribution is 7.91. The Morgan fingerprint density at radius 1 is 1.23 bits per heavy atom. The van der Waals surface area contributed by atoms with Gasteiger partial charge in [0.1, 0.15) is 15.9 Å². The lowest BCUT2D eigenvalue weighted by molar-refractivity contribution is -0.126. The lowest BCUT2D eigenvalue weighted by Crippen LogP contribution is -2.42.